The van der Waals surface area contributed by atoms with Gasteiger partial charge in [0.25, 0.3) is 0 Å². The van der Waals surface area contributed by atoms with Crippen molar-refractivity contribution in [1.82, 2.24) is 0 Å². The summed E-state index contributed by atoms with van der Waals surface area (Å²) >= 11 is 0. The van der Waals surface area contributed by atoms with Gasteiger partial charge in [0.2, 0.25) is 0 Å². The fourth-order valence-electron chi connectivity index (χ4n) is 6.10. The molecule has 1 N–H and O–H groups in total. The van der Waals surface area contributed by atoms with E-state index < -0.39 is 20.5 Å². The molecule has 296 valence electrons. The van der Waals surface area contributed by atoms with E-state index in [2.05, 4.69) is 40.8 Å². The van der Waals surface area contributed by atoms with Crippen LogP contribution in [0.25, 0.3) is 0 Å². The van der Waals surface area contributed by atoms with Crippen molar-refractivity contribution in [3.8, 4) is 0 Å². The van der Waals surface area contributed by atoms with Crippen LogP contribution in [0.5, 0.6) is 0 Å². The van der Waals surface area contributed by atoms with E-state index in [0.29, 0.717) is 26.1 Å². The molecule has 1 aromatic carbocycles. The zero-order valence-corrected chi connectivity index (χ0v) is 34.4. The van der Waals surface area contributed by atoms with Gasteiger partial charge in [0.1, 0.15) is 26.5 Å². The van der Waals surface area contributed by atoms with Crippen LogP contribution in [0, 0.1) is 0 Å². The molecule has 2 rings (SSSR count). The molecule has 0 spiro atoms. The van der Waals surface area contributed by atoms with Gasteiger partial charge in [0.05, 0.1) is 43.7 Å². The van der Waals surface area contributed by atoms with Gasteiger partial charge in [-0.05, 0) is 55.8 Å². The Kier molecular flexibility index (Phi) is 23.9. The van der Waals surface area contributed by atoms with Crippen molar-refractivity contribution in [1.29, 1.82) is 0 Å². The lowest BCUT2D eigenvalue weighted by molar-refractivity contribution is -0.161. The van der Waals surface area contributed by atoms with Crippen LogP contribution in [0.15, 0.2) is 42.5 Å². The lowest BCUT2D eigenvalue weighted by Crippen LogP contribution is -2.40. The van der Waals surface area contributed by atoms with E-state index in [-0.39, 0.29) is 49.8 Å². The first-order valence-electron chi connectivity index (χ1n) is 19.6. The van der Waals surface area contributed by atoms with Gasteiger partial charge in [-0.2, -0.15) is 0 Å². The molecule has 0 radical (unpaired) electrons. The molecule has 1 aliphatic heterocycles. The van der Waals surface area contributed by atoms with Crippen molar-refractivity contribution >= 4 is 8.32 Å². The SMILES string of the molecule is CCCCCCCCCC[C@H](OCOC)[C@H]1CC[C@H]([C@@H](CC[C@H](O)[C@@H](/C=C/CO[Si](C)(C)C(C)(C)C)OCOCc2ccccc2)OCOC)O1. The summed E-state index contributed by atoms with van der Waals surface area (Å²) < 4.78 is 47.8. The summed E-state index contributed by atoms with van der Waals surface area (Å²) in [6.07, 6.45) is 16.1. The molecule has 0 unspecified atom stereocenters. The van der Waals surface area contributed by atoms with Gasteiger partial charge in [-0.25, -0.2) is 0 Å². The molecule has 6 atom stereocenters. The van der Waals surface area contributed by atoms with Crippen LogP contribution in [-0.2, 0) is 44.2 Å². The molecule has 1 saturated heterocycles. The number of hydrogen-bond donors (Lipinski definition) is 1. The lowest BCUT2D eigenvalue weighted by Gasteiger charge is -2.35. The summed E-state index contributed by atoms with van der Waals surface area (Å²) in [5.74, 6) is 0. The Morgan fingerprint density at radius 2 is 1.39 bits per heavy atom. The number of rotatable bonds is 30. The van der Waals surface area contributed by atoms with E-state index in [0.717, 1.165) is 31.2 Å². The number of hydrogen-bond acceptors (Lipinski definition) is 9. The Hall–Kier alpha value is -1.18. The van der Waals surface area contributed by atoms with Crippen LogP contribution < -0.4 is 0 Å². The Morgan fingerprint density at radius 3 is 1.98 bits per heavy atom. The van der Waals surface area contributed by atoms with Crippen LogP contribution in [0.4, 0.5) is 0 Å². The third-order valence-corrected chi connectivity index (χ3v) is 14.8. The summed E-state index contributed by atoms with van der Waals surface area (Å²) in [4.78, 5) is 0. The summed E-state index contributed by atoms with van der Waals surface area (Å²) in [7, 11) is 1.38. The number of methoxy groups -OCH3 is 2. The van der Waals surface area contributed by atoms with Gasteiger partial charge in [-0.1, -0.05) is 122 Å². The molecule has 0 amide bonds. The number of aliphatic hydroxyl groups is 1. The standard InChI is InChI=1S/C41H74O9Si/c1-9-10-11-12-13-14-15-19-23-37(46-31-43-5)39-27-28-40(50-39)38(47-32-44-6)26-25-35(42)36(24-20-29-49-51(7,8)41(2,3)4)48-33-45-30-34-21-17-16-18-22-34/h16-18,20-22,24,35-40,42H,9-15,19,23,25-33H2,1-8H3/b24-20+/t35-,36+,37-,38+,39+,40+/m0/s1. The Morgan fingerprint density at radius 1 is 0.804 bits per heavy atom. The molecule has 0 aliphatic carbocycles. The second-order valence-corrected chi connectivity index (χ2v) is 20.3. The smallest absolute Gasteiger partial charge is 0.192 e. The predicted molar refractivity (Wildman–Crippen MR) is 207 cm³/mol. The topological polar surface area (TPSA) is 94.1 Å². The average Bonchev–Trinajstić information content (AvgIpc) is 3.60. The van der Waals surface area contributed by atoms with Crippen molar-refractivity contribution in [2.75, 3.05) is 41.2 Å². The second-order valence-electron chi connectivity index (χ2n) is 15.5. The van der Waals surface area contributed by atoms with E-state index >= 15 is 0 Å². The molecular formula is C41H74O9Si. The molecule has 9 nitrogen and oxygen atoms in total. The molecule has 1 heterocycles. The van der Waals surface area contributed by atoms with Crippen LogP contribution in [0.2, 0.25) is 18.1 Å². The maximum atomic E-state index is 11.4. The monoisotopic (exact) mass is 739 g/mol. The van der Waals surface area contributed by atoms with Gasteiger partial charge in [-0.3, -0.25) is 0 Å². The zero-order valence-electron chi connectivity index (χ0n) is 33.4. The molecular weight excluding hydrogens is 665 g/mol. The molecule has 1 aromatic rings. The van der Waals surface area contributed by atoms with Crippen molar-refractivity contribution in [2.24, 2.45) is 0 Å². The number of benzene rings is 1. The predicted octanol–water partition coefficient (Wildman–Crippen LogP) is 9.32. The molecule has 0 bridgehead atoms. The molecule has 1 fully saturated rings. The quantitative estimate of drug-likeness (QED) is 0.0359. The van der Waals surface area contributed by atoms with Crippen molar-refractivity contribution in [3.63, 3.8) is 0 Å². The minimum atomic E-state index is -1.91. The highest BCUT2D eigenvalue weighted by molar-refractivity contribution is 6.74. The molecule has 10 heteroatoms. The second kappa shape index (κ2) is 26.6. The molecule has 51 heavy (non-hydrogen) atoms. The first-order chi connectivity index (χ1) is 24.5. The van der Waals surface area contributed by atoms with E-state index in [1.54, 1.807) is 14.2 Å². The maximum Gasteiger partial charge on any atom is 0.192 e. The third-order valence-electron chi connectivity index (χ3n) is 10.3. The normalized spacial score (nSPS) is 19.5. The number of aliphatic hydroxyl groups excluding tert-OH is 1. The Bertz CT molecular complexity index is 1000. The van der Waals surface area contributed by atoms with E-state index in [9.17, 15) is 5.11 Å². The van der Waals surface area contributed by atoms with Gasteiger partial charge < -0.3 is 42.7 Å². The molecule has 0 saturated carbocycles. The van der Waals surface area contributed by atoms with Gasteiger partial charge in [0.15, 0.2) is 8.32 Å². The van der Waals surface area contributed by atoms with E-state index in [1.807, 2.05) is 42.5 Å². The minimum absolute atomic E-state index is 0.0175. The summed E-state index contributed by atoms with van der Waals surface area (Å²) in [5.41, 5.74) is 1.07. The Balaban J connectivity index is 1.98. The number of ether oxygens (including phenoxy) is 7. The van der Waals surface area contributed by atoms with E-state index in [4.69, 9.17) is 37.6 Å². The van der Waals surface area contributed by atoms with Gasteiger partial charge in [0, 0.05) is 14.2 Å². The average molecular weight is 739 g/mol. The first kappa shape index (κ1) is 46.0. The van der Waals surface area contributed by atoms with Crippen molar-refractivity contribution in [3.05, 3.63) is 48.0 Å². The third kappa shape index (κ3) is 19.1. The molecule has 0 aromatic heterocycles. The maximum absolute atomic E-state index is 11.4. The number of unbranched alkanes of at least 4 members (excludes halogenated alkanes) is 7. The fraction of sp³-hybridized carbons (Fsp3) is 0.805. The lowest BCUT2D eigenvalue weighted by atomic mass is 9.99. The van der Waals surface area contributed by atoms with E-state index in [1.165, 1.54) is 44.9 Å². The van der Waals surface area contributed by atoms with Crippen LogP contribution in [0.3, 0.4) is 0 Å². The summed E-state index contributed by atoms with van der Waals surface area (Å²) in [6, 6.07) is 9.99. The first-order valence-corrected chi connectivity index (χ1v) is 22.5. The van der Waals surface area contributed by atoms with Crippen LogP contribution in [0.1, 0.15) is 117 Å². The Labute approximate surface area is 312 Å². The summed E-state index contributed by atoms with van der Waals surface area (Å²) in [6.45, 7) is 14.8. The van der Waals surface area contributed by atoms with Gasteiger partial charge in [-0.15, -0.1) is 0 Å². The van der Waals surface area contributed by atoms with Gasteiger partial charge >= 0.3 is 0 Å². The highest BCUT2D eigenvalue weighted by Crippen LogP contribution is 2.36. The zero-order chi connectivity index (χ0) is 37.4. The van der Waals surface area contributed by atoms with Crippen molar-refractivity contribution < 1.29 is 42.7 Å². The van der Waals surface area contributed by atoms with Crippen LogP contribution >= 0.6 is 0 Å². The minimum Gasteiger partial charge on any atom is -0.413 e. The largest absolute Gasteiger partial charge is 0.413 e. The summed E-state index contributed by atoms with van der Waals surface area (Å²) in [5, 5.41) is 11.6. The van der Waals surface area contributed by atoms with Crippen LogP contribution in [-0.4, -0.2) is 91.3 Å². The fourth-order valence-corrected chi connectivity index (χ4v) is 7.04. The molecule has 1 aliphatic rings. The highest BCUT2D eigenvalue weighted by atomic mass is 28.4. The van der Waals surface area contributed by atoms with Crippen molar-refractivity contribution in [2.45, 2.75) is 173 Å². The highest BCUT2D eigenvalue weighted by Gasteiger charge is 2.38.